The number of thiophene rings is 1. The number of fused-ring (bicyclic) bond motifs is 1. The van der Waals surface area contributed by atoms with Crippen LogP contribution in [0.5, 0.6) is 0 Å². The highest BCUT2D eigenvalue weighted by molar-refractivity contribution is 7.17. The Kier molecular flexibility index (Phi) is 10.3. The molecular weight excluding hydrogens is 594 g/mol. The highest BCUT2D eigenvalue weighted by Crippen LogP contribution is 2.28. The molecule has 0 saturated carbocycles. The first-order valence-corrected chi connectivity index (χ1v) is 15.5. The molecule has 0 spiro atoms. The van der Waals surface area contributed by atoms with Crippen molar-refractivity contribution < 1.29 is 28.7 Å². The molecule has 4 aromatic rings. The lowest BCUT2D eigenvalue weighted by Crippen LogP contribution is -2.59. The first-order valence-electron chi connectivity index (χ1n) is 14.6. The van der Waals surface area contributed by atoms with Gasteiger partial charge in [0.2, 0.25) is 11.8 Å². The summed E-state index contributed by atoms with van der Waals surface area (Å²) in [4.78, 5) is 60.0. The molecule has 2 aromatic heterocycles. The number of aromatic nitrogens is 2. The van der Waals surface area contributed by atoms with Gasteiger partial charge < -0.3 is 30.4 Å². The minimum atomic E-state index is -1.40. The van der Waals surface area contributed by atoms with Crippen LogP contribution in [0.2, 0.25) is 0 Å². The minimum Gasteiger partial charge on any atom is -0.465 e. The van der Waals surface area contributed by atoms with Gasteiger partial charge in [-0.1, -0.05) is 48.5 Å². The van der Waals surface area contributed by atoms with Gasteiger partial charge in [0.05, 0.1) is 12.8 Å². The van der Waals surface area contributed by atoms with E-state index in [2.05, 4.69) is 25.9 Å². The Bertz CT molecular complexity index is 1660. The van der Waals surface area contributed by atoms with Gasteiger partial charge >= 0.3 is 12.1 Å². The first kappa shape index (κ1) is 33.2. The molecule has 11 nitrogen and oxygen atoms in total. The van der Waals surface area contributed by atoms with E-state index in [-0.39, 0.29) is 18.8 Å². The van der Waals surface area contributed by atoms with E-state index in [9.17, 15) is 19.2 Å². The zero-order chi connectivity index (χ0) is 32.8. The van der Waals surface area contributed by atoms with E-state index >= 15 is 0 Å². The second-order valence-corrected chi connectivity index (χ2v) is 12.9. The fourth-order valence-corrected chi connectivity index (χ4v) is 5.59. The highest BCUT2D eigenvalue weighted by atomic mass is 32.1. The molecular formula is C33H39N5O6S. The molecule has 0 saturated heterocycles. The molecule has 238 valence electrons. The van der Waals surface area contributed by atoms with Crippen molar-refractivity contribution in [1.29, 1.82) is 0 Å². The number of ether oxygens (including phenoxy) is 2. The number of amides is 3. The third-order valence-electron chi connectivity index (χ3n) is 6.77. The number of benzene rings is 2. The average molecular weight is 634 g/mol. The quantitative estimate of drug-likeness (QED) is 0.164. The third kappa shape index (κ3) is 8.69. The molecule has 0 aliphatic rings. The van der Waals surface area contributed by atoms with Gasteiger partial charge in [-0.2, -0.15) is 0 Å². The Morgan fingerprint density at radius 1 is 0.978 bits per heavy atom. The lowest BCUT2D eigenvalue weighted by molar-refractivity contribution is -0.144. The summed E-state index contributed by atoms with van der Waals surface area (Å²) in [6.07, 6.45) is 0.836. The number of H-pyrrole nitrogens is 1. The van der Waals surface area contributed by atoms with Crippen molar-refractivity contribution in [2.45, 2.75) is 71.1 Å². The maximum Gasteiger partial charge on any atom is 0.408 e. The van der Waals surface area contributed by atoms with Crippen LogP contribution in [0.1, 0.15) is 64.4 Å². The Balaban J connectivity index is 1.57. The number of esters is 1. The normalized spacial score (nSPS) is 13.0. The number of alkyl carbamates (subject to hydrolysis) is 1. The van der Waals surface area contributed by atoms with Crippen LogP contribution in [0, 0.1) is 0 Å². The molecule has 0 aliphatic carbocycles. The number of carbonyl (C=O) groups excluding carboxylic acids is 4. The van der Waals surface area contributed by atoms with E-state index in [1.165, 1.54) is 20.0 Å². The number of nitrogens with zero attached hydrogens (tertiary/aromatic N) is 1. The van der Waals surface area contributed by atoms with Crippen molar-refractivity contribution >= 4 is 51.1 Å². The smallest absolute Gasteiger partial charge is 0.408 e. The van der Waals surface area contributed by atoms with Crippen LogP contribution >= 0.6 is 11.3 Å². The van der Waals surface area contributed by atoms with E-state index in [0.717, 1.165) is 15.6 Å². The van der Waals surface area contributed by atoms with Crippen LogP contribution in [-0.2, 0) is 30.3 Å². The molecule has 0 bridgehead atoms. The molecule has 0 aliphatic heterocycles. The monoisotopic (exact) mass is 633 g/mol. The molecule has 2 heterocycles. The topological polar surface area (TPSA) is 152 Å². The zero-order valence-corrected chi connectivity index (χ0v) is 27.0. The van der Waals surface area contributed by atoms with Gasteiger partial charge in [-0.25, -0.2) is 9.78 Å². The molecule has 0 radical (unpaired) electrons. The van der Waals surface area contributed by atoms with Gasteiger partial charge in [-0.3, -0.25) is 14.4 Å². The highest BCUT2D eigenvalue weighted by Gasteiger charge is 2.35. The predicted octanol–water partition coefficient (Wildman–Crippen LogP) is 5.29. The van der Waals surface area contributed by atoms with Crippen molar-refractivity contribution in [2.75, 3.05) is 11.9 Å². The number of rotatable bonds is 11. The molecule has 45 heavy (non-hydrogen) atoms. The van der Waals surface area contributed by atoms with Gasteiger partial charge in [0, 0.05) is 11.1 Å². The summed E-state index contributed by atoms with van der Waals surface area (Å²) in [5, 5.41) is 11.1. The van der Waals surface area contributed by atoms with E-state index in [1.807, 2.05) is 47.8 Å². The zero-order valence-electron chi connectivity index (χ0n) is 26.2. The number of hydrogen-bond acceptors (Lipinski definition) is 8. The Morgan fingerprint density at radius 3 is 2.36 bits per heavy atom. The lowest BCUT2D eigenvalue weighted by Gasteiger charge is -2.29. The van der Waals surface area contributed by atoms with Crippen molar-refractivity contribution in [3.63, 3.8) is 0 Å². The van der Waals surface area contributed by atoms with Crippen LogP contribution < -0.4 is 16.0 Å². The molecule has 2 unspecified atom stereocenters. The SMILES string of the molecule is CCOC(=O)C(c1ccccc1)c1ncc(NC(=O)C(Cc2csc3ccccc23)NC(=O)C(C)(C)NC(=O)OC(C)(C)C)[nH]1. The van der Waals surface area contributed by atoms with Crippen LogP contribution in [0.15, 0.2) is 66.2 Å². The van der Waals surface area contributed by atoms with Crippen LogP contribution in [-0.4, -0.2) is 57.6 Å². The molecule has 2 atom stereocenters. The van der Waals surface area contributed by atoms with Crippen molar-refractivity contribution in [2.24, 2.45) is 0 Å². The molecule has 2 aromatic carbocycles. The summed E-state index contributed by atoms with van der Waals surface area (Å²) in [6, 6.07) is 15.8. The minimum absolute atomic E-state index is 0.181. The van der Waals surface area contributed by atoms with Gasteiger partial charge in [0.15, 0.2) is 0 Å². The van der Waals surface area contributed by atoms with Crippen LogP contribution in [0.4, 0.5) is 10.6 Å². The first-order chi connectivity index (χ1) is 21.3. The lowest BCUT2D eigenvalue weighted by atomic mass is 9.98. The summed E-state index contributed by atoms with van der Waals surface area (Å²) in [6.45, 7) is 10.2. The molecule has 0 fully saturated rings. The van der Waals surface area contributed by atoms with E-state index in [0.29, 0.717) is 11.4 Å². The molecule has 12 heteroatoms. The summed E-state index contributed by atoms with van der Waals surface area (Å²) in [5.41, 5.74) is -0.598. The van der Waals surface area contributed by atoms with Gasteiger partial charge in [-0.05, 0) is 69.5 Å². The average Bonchev–Trinajstić information content (AvgIpc) is 3.59. The third-order valence-corrected chi connectivity index (χ3v) is 7.78. The summed E-state index contributed by atoms with van der Waals surface area (Å²) in [7, 11) is 0. The van der Waals surface area contributed by atoms with Crippen molar-refractivity contribution in [1.82, 2.24) is 20.6 Å². The Morgan fingerprint density at radius 2 is 1.67 bits per heavy atom. The number of imidazole rings is 1. The number of carbonyl (C=O) groups is 4. The maximum atomic E-state index is 13.8. The second kappa shape index (κ2) is 13.9. The Hall–Kier alpha value is -4.71. The summed E-state index contributed by atoms with van der Waals surface area (Å²) >= 11 is 1.54. The standard InChI is InChI=1S/C33H39N5O6S/c1-7-43-29(40)26(20-13-9-8-10-14-20)27-34-18-25(36-27)37-28(39)23(17-21-19-45-24-16-12-11-15-22(21)24)35-30(41)33(5,6)38-31(42)44-32(2,3)4/h8-16,18-19,23,26H,7,17H2,1-6H3,(H,34,36)(H,35,41)(H,37,39)(H,38,42). The predicted molar refractivity (Wildman–Crippen MR) is 173 cm³/mol. The number of anilines is 1. The fraction of sp³-hybridized carbons (Fsp3) is 0.364. The number of aromatic amines is 1. The van der Waals surface area contributed by atoms with Crippen molar-refractivity contribution in [3.8, 4) is 0 Å². The van der Waals surface area contributed by atoms with Gasteiger partial charge in [0.1, 0.15) is 34.7 Å². The molecule has 4 rings (SSSR count). The largest absolute Gasteiger partial charge is 0.465 e. The van der Waals surface area contributed by atoms with E-state index in [1.54, 1.807) is 51.2 Å². The molecule has 4 N–H and O–H groups in total. The molecule has 3 amide bonds. The van der Waals surface area contributed by atoms with E-state index in [4.69, 9.17) is 9.47 Å². The van der Waals surface area contributed by atoms with E-state index < -0.39 is 47.0 Å². The number of nitrogens with one attached hydrogen (secondary N) is 4. The summed E-state index contributed by atoms with van der Waals surface area (Å²) in [5.74, 6) is -1.88. The van der Waals surface area contributed by atoms with Crippen molar-refractivity contribution in [3.05, 3.63) is 83.1 Å². The maximum absolute atomic E-state index is 13.8. The summed E-state index contributed by atoms with van der Waals surface area (Å²) < 4.78 is 11.7. The number of hydrogen-bond donors (Lipinski definition) is 4. The Labute approximate surface area is 266 Å². The second-order valence-electron chi connectivity index (χ2n) is 12.0. The van der Waals surface area contributed by atoms with Crippen LogP contribution in [0.3, 0.4) is 0 Å². The van der Waals surface area contributed by atoms with Gasteiger partial charge in [-0.15, -0.1) is 11.3 Å². The van der Waals surface area contributed by atoms with Gasteiger partial charge in [0.25, 0.3) is 0 Å². The van der Waals surface area contributed by atoms with Crippen LogP contribution in [0.25, 0.3) is 10.1 Å². The fourth-order valence-electron chi connectivity index (χ4n) is 4.62.